The lowest BCUT2D eigenvalue weighted by atomic mass is 10.2. The Balaban J connectivity index is 2.01. The molecule has 0 bridgehead atoms. The summed E-state index contributed by atoms with van der Waals surface area (Å²) in [6.45, 7) is 4.30. The van der Waals surface area contributed by atoms with Crippen LogP contribution < -0.4 is 10.1 Å². The molecule has 1 aliphatic heterocycles. The van der Waals surface area contributed by atoms with Crippen molar-refractivity contribution in [3.8, 4) is 5.88 Å². The van der Waals surface area contributed by atoms with Gasteiger partial charge >= 0.3 is 0 Å². The molecule has 0 radical (unpaired) electrons. The lowest BCUT2D eigenvalue weighted by molar-refractivity contribution is -0.0109. The van der Waals surface area contributed by atoms with Crippen LogP contribution in [-0.2, 0) is 11.3 Å². The van der Waals surface area contributed by atoms with Gasteiger partial charge in [-0.05, 0) is 13.1 Å². The van der Waals surface area contributed by atoms with Crippen molar-refractivity contribution < 1.29 is 9.47 Å². The molecule has 5 heteroatoms. The second kappa shape index (κ2) is 6.68. The molecule has 1 N–H and O–H groups in total. The highest BCUT2D eigenvalue weighted by Gasteiger charge is 2.22. The van der Waals surface area contributed by atoms with Crippen LogP contribution in [0.2, 0.25) is 0 Å². The van der Waals surface area contributed by atoms with Crippen molar-refractivity contribution in [2.75, 3.05) is 40.5 Å². The number of nitrogens with one attached hydrogen (secondary N) is 1. The summed E-state index contributed by atoms with van der Waals surface area (Å²) in [7, 11) is 3.61. The number of aromatic nitrogens is 1. The molecule has 0 aliphatic carbocycles. The number of hydrogen-bond acceptors (Lipinski definition) is 5. The summed E-state index contributed by atoms with van der Waals surface area (Å²) < 4.78 is 10.7. The number of likely N-dealkylation sites (N-methyl/N-ethyl adjacent to an activating group) is 1. The molecule has 1 unspecified atom stereocenters. The first-order valence-corrected chi connectivity index (χ1v) is 6.30. The number of ether oxygens (including phenoxy) is 2. The fraction of sp³-hybridized carbons (Fsp3) is 0.615. The van der Waals surface area contributed by atoms with Crippen molar-refractivity contribution in [1.82, 2.24) is 15.2 Å². The average molecular weight is 251 g/mol. The smallest absolute Gasteiger partial charge is 0.213 e. The van der Waals surface area contributed by atoms with Crippen LogP contribution in [0.15, 0.2) is 18.2 Å². The Hall–Kier alpha value is -1.17. The van der Waals surface area contributed by atoms with Gasteiger partial charge in [0.25, 0.3) is 0 Å². The molecule has 1 aromatic rings. The van der Waals surface area contributed by atoms with Crippen LogP contribution in [0, 0.1) is 0 Å². The third-order valence-corrected chi connectivity index (χ3v) is 3.14. The molecule has 1 fully saturated rings. The number of morpholine rings is 1. The first-order chi connectivity index (χ1) is 8.83. The standard InChI is InChI=1S/C13H21N3O2/c1-14-8-12-10-18-7-6-16(12)9-11-4-3-5-13(15-11)17-2/h3-5,12,14H,6-10H2,1-2H3. The van der Waals surface area contributed by atoms with Crippen molar-refractivity contribution >= 4 is 0 Å². The second-order valence-corrected chi connectivity index (χ2v) is 4.43. The van der Waals surface area contributed by atoms with Crippen LogP contribution in [-0.4, -0.2) is 56.4 Å². The molecule has 18 heavy (non-hydrogen) atoms. The van der Waals surface area contributed by atoms with Gasteiger partial charge in [-0.1, -0.05) is 6.07 Å². The second-order valence-electron chi connectivity index (χ2n) is 4.43. The fourth-order valence-electron chi connectivity index (χ4n) is 2.19. The number of pyridine rings is 1. The Kier molecular flexibility index (Phi) is 4.92. The minimum absolute atomic E-state index is 0.414. The van der Waals surface area contributed by atoms with Crippen LogP contribution in [0.4, 0.5) is 0 Å². The molecular formula is C13H21N3O2. The maximum absolute atomic E-state index is 5.52. The van der Waals surface area contributed by atoms with Gasteiger partial charge in [0.2, 0.25) is 5.88 Å². The fourth-order valence-corrected chi connectivity index (χ4v) is 2.19. The SMILES string of the molecule is CNCC1COCCN1Cc1cccc(OC)n1. The maximum Gasteiger partial charge on any atom is 0.213 e. The van der Waals surface area contributed by atoms with E-state index in [0.717, 1.165) is 38.5 Å². The summed E-state index contributed by atoms with van der Waals surface area (Å²) in [5.74, 6) is 0.672. The van der Waals surface area contributed by atoms with Crippen LogP contribution in [0.5, 0.6) is 5.88 Å². The summed E-state index contributed by atoms with van der Waals surface area (Å²) in [5, 5.41) is 3.21. The van der Waals surface area contributed by atoms with Gasteiger partial charge in [0, 0.05) is 31.7 Å². The molecule has 5 nitrogen and oxygen atoms in total. The first kappa shape index (κ1) is 13.3. The van der Waals surface area contributed by atoms with E-state index < -0.39 is 0 Å². The molecule has 0 spiro atoms. The highest BCUT2D eigenvalue weighted by Crippen LogP contribution is 2.13. The molecule has 2 rings (SSSR count). The van der Waals surface area contributed by atoms with Crippen molar-refractivity contribution in [2.45, 2.75) is 12.6 Å². The lowest BCUT2D eigenvalue weighted by Crippen LogP contribution is -2.49. The number of nitrogens with zero attached hydrogens (tertiary/aromatic N) is 2. The van der Waals surface area contributed by atoms with E-state index in [1.54, 1.807) is 7.11 Å². The monoisotopic (exact) mass is 251 g/mol. The van der Waals surface area contributed by atoms with E-state index in [4.69, 9.17) is 9.47 Å². The number of hydrogen-bond donors (Lipinski definition) is 1. The maximum atomic E-state index is 5.52. The Morgan fingerprint density at radius 2 is 2.44 bits per heavy atom. The molecular weight excluding hydrogens is 230 g/mol. The van der Waals surface area contributed by atoms with E-state index in [9.17, 15) is 0 Å². The van der Waals surface area contributed by atoms with E-state index in [2.05, 4.69) is 15.2 Å². The summed E-state index contributed by atoms with van der Waals surface area (Å²) in [6, 6.07) is 6.30. The zero-order valence-corrected chi connectivity index (χ0v) is 11.1. The molecule has 1 aliphatic rings. The topological polar surface area (TPSA) is 46.6 Å². The summed E-state index contributed by atoms with van der Waals surface area (Å²) >= 11 is 0. The summed E-state index contributed by atoms with van der Waals surface area (Å²) in [6.07, 6.45) is 0. The molecule has 0 saturated carbocycles. The van der Waals surface area contributed by atoms with E-state index in [1.165, 1.54) is 0 Å². The predicted octanol–water partition coefficient (Wildman–Crippen LogP) is 0.510. The van der Waals surface area contributed by atoms with Crippen molar-refractivity contribution in [2.24, 2.45) is 0 Å². The Bertz CT molecular complexity index is 371. The highest BCUT2D eigenvalue weighted by atomic mass is 16.5. The molecule has 100 valence electrons. The van der Waals surface area contributed by atoms with Gasteiger partial charge in [0.1, 0.15) is 0 Å². The van der Waals surface area contributed by atoms with Gasteiger partial charge in [-0.2, -0.15) is 0 Å². The largest absolute Gasteiger partial charge is 0.481 e. The summed E-state index contributed by atoms with van der Waals surface area (Å²) in [5.41, 5.74) is 1.04. The Morgan fingerprint density at radius 1 is 1.56 bits per heavy atom. The van der Waals surface area contributed by atoms with Crippen LogP contribution in [0.25, 0.3) is 0 Å². The zero-order chi connectivity index (χ0) is 12.8. The van der Waals surface area contributed by atoms with Crippen LogP contribution >= 0.6 is 0 Å². The Labute approximate surface area is 108 Å². The minimum atomic E-state index is 0.414. The third-order valence-electron chi connectivity index (χ3n) is 3.14. The van der Waals surface area contributed by atoms with Crippen molar-refractivity contribution in [3.05, 3.63) is 23.9 Å². The van der Waals surface area contributed by atoms with Gasteiger partial charge in [-0.15, -0.1) is 0 Å². The molecule has 1 atom stereocenters. The molecule has 1 aromatic heterocycles. The van der Waals surface area contributed by atoms with E-state index in [-0.39, 0.29) is 0 Å². The Morgan fingerprint density at radius 3 is 3.22 bits per heavy atom. The number of rotatable bonds is 5. The van der Waals surface area contributed by atoms with Crippen LogP contribution in [0.3, 0.4) is 0 Å². The van der Waals surface area contributed by atoms with Gasteiger partial charge in [0.05, 0.1) is 26.0 Å². The number of methoxy groups -OCH3 is 1. The van der Waals surface area contributed by atoms with E-state index >= 15 is 0 Å². The van der Waals surface area contributed by atoms with Gasteiger partial charge in [-0.25, -0.2) is 4.98 Å². The normalized spacial score (nSPS) is 20.9. The quantitative estimate of drug-likeness (QED) is 0.826. The van der Waals surface area contributed by atoms with Crippen LogP contribution in [0.1, 0.15) is 5.69 Å². The zero-order valence-electron chi connectivity index (χ0n) is 11.1. The summed E-state index contributed by atoms with van der Waals surface area (Å²) in [4.78, 5) is 6.86. The van der Waals surface area contributed by atoms with Gasteiger partial charge in [0.15, 0.2) is 0 Å². The van der Waals surface area contributed by atoms with Crippen molar-refractivity contribution in [1.29, 1.82) is 0 Å². The average Bonchev–Trinajstić information content (AvgIpc) is 2.41. The van der Waals surface area contributed by atoms with Gasteiger partial charge in [-0.3, -0.25) is 4.90 Å². The van der Waals surface area contributed by atoms with Crippen molar-refractivity contribution in [3.63, 3.8) is 0 Å². The third kappa shape index (κ3) is 3.41. The molecule has 0 amide bonds. The molecule has 2 heterocycles. The predicted molar refractivity (Wildman–Crippen MR) is 69.7 cm³/mol. The lowest BCUT2D eigenvalue weighted by Gasteiger charge is -2.35. The molecule has 1 saturated heterocycles. The first-order valence-electron chi connectivity index (χ1n) is 6.30. The van der Waals surface area contributed by atoms with E-state index in [0.29, 0.717) is 11.9 Å². The minimum Gasteiger partial charge on any atom is -0.481 e. The van der Waals surface area contributed by atoms with E-state index in [1.807, 2.05) is 25.2 Å². The highest BCUT2D eigenvalue weighted by molar-refractivity contribution is 5.15. The molecule has 0 aromatic carbocycles. The van der Waals surface area contributed by atoms with Gasteiger partial charge < -0.3 is 14.8 Å².